The number of aromatic nitrogens is 2. The zero-order valence-corrected chi connectivity index (χ0v) is 13.5. The minimum absolute atomic E-state index is 0.435. The molecule has 5 nitrogen and oxygen atoms in total. The largest absolute Gasteiger partial charge is 0.377 e. The van der Waals surface area contributed by atoms with Crippen molar-refractivity contribution >= 4 is 11.6 Å². The fourth-order valence-electron chi connectivity index (χ4n) is 2.93. The normalized spacial score (nSPS) is 22.0. The van der Waals surface area contributed by atoms with Gasteiger partial charge in [0.25, 0.3) is 0 Å². The van der Waals surface area contributed by atoms with Crippen LogP contribution >= 0.6 is 0 Å². The number of methoxy groups -OCH3 is 1. The van der Waals surface area contributed by atoms with E-state index in [0.29, 0.717) is 12.4 Å². The third-order valence-electron chi connectivity index (χ3n) is 4.30. The Morgan fingerprint density at radius 1 is 1.19 bits per heavy atom. The van der Waals surface area contributed by atoms with Crippen molar-refractivity contribution in [3.63, 3.8) is 0 Å². The van der Waals surface area contributed by atoms with Crippen molar-refractivity contribution < 1.29 is 4.74 Å². The first-order valence-corrected chi connectivity index (χ1v) is 7.99. The van der Waals surface area contributed by atoms with Crippen molar-refractivity contribution in [1.82, 2.24) is 9.97 Å². The van der Waals surface area contributed by atoms with E-state index in [2.05, 4.69) is 27.5 Å². The summed E-state index contributed by atoms with van der Waals surface area (Å²) in [5, 5.41) is 6.49. The molecule has 1 heterocycles. The van der Waals surface area contributed by atoms with Gasteiger partial charge in [-0.05, 0) is 18.3 Å². The molecule has 1 aromatic heterocycles. The van der Waals surface area contributed by atoms with Gasteiger partial charge in [-0.1, -0.05) is 32.6 Å². The lowest BCUT2D eigenvalue weighted by atomic mass is 9.81. The van der Waals surface area contributed by atoms with Crippen LogP contribution in [0.25, 0.3) is 0 Å². The molecule has 1 saturated carbocycles. The van der Waals surface area contributed by atoms with Gasteiger partial charge in [-0.15, -0.1) is 0 Å². The maximum Gasteiger partial charge on any atom is 0.158 e. The molecule has 0 aliphatic heterocycles. The van der Waals surface area contributed by atoms with E-state index in [0.717, 1.165) is 30.0 Å². The van der Waals surface area contributed by atoms with Crippen LogP contribution in [0.2, 0.25) is 0 Å². The van der Waals surface area contributed by atoms with Gasteiger partial charge in [0.1, 0.15) is 18.2 Å². The zero-order valence-electron chi connectivity index (χ0n) is 13.5. The topological polar surface area (TPSA) is 59.1 Å². The molecule has 0 unspecified atom stereocenters. The van der Waals surface area contributed by atoms with Crippen LogP contribution in [0.3, 0.4) is 0 Å². The number of anilines is 2. The van der Waals surface area contributed by atoms with Crippen LogP contribution in [-0.2, 0) is 11.3 Å². The number of ether oxygens (including phenoxy) is 1. The van der Waals surface area contributed by atoms with Crippen LogP contribution in [0.4, 0.5) is 11.6 Å². The summed E-state index contributed by atoms with van der Waals surface area (Å²) in [6, 6.07) is 1.95. The van der Waals surface area contributed by atoms with Gasteiger partial charge < -0.3 is 15.4 Å². The molecule has 2 rings (SSSR count). The van der Waals surface area contributed by atoms with E-state index in [-0.39, 0.29) is 0 Å². The van der Waals surface area contributed by atoms with Crippen molar-refractivity contribution in [2.45, 2.75) is 45.6 Å². The first-order valence-electron chi connectivity index (χ1n) is 7.99. The van der Waals surface area contributed by atoms with E-state index >= 15 is 0 Å². The highest BCUT2D eigenvalue weighted by molar-refractivity contribution is 5.47. The highest BCUT2D eigenvalue weighted by Crippen LogP contribution is 2.30. The molecule has 1 fully saturated rings. The Morgan fingerprint density at radius 3 is 2.57 bits per heavy atom. The molecule has 0 radical (unpaired) electrons. The maximum atomic E-state index is 5.11. The molecule has 0 saturated heterocycles. The predicted molar refractivity (Wildman–Crippen MR) is 86.5 cm³/mol. The van der Waals surface area contributed by atoms with E-state index in [1.807, 2.05) is 13.1 Å². The van der Waals surface area contributed by atoms with E-state index in [9.17, 15) is 0 Å². The lowest BCUT2D eigenvalue weighted by Gasteiger charge is -2.26. The van der Waals surface area contributed by atoms with Gasteiger partial charge in [0.05, 0.1) is 0 Å². The molecule has 21 heavy (non-hydrogen) atoms. The number of rotatable bonds is 7. The average molecular weight is 292 g/mol. The van der Waals surface area contributed by atoms with Crippen LogP contribution < -0.4 is 10.6 Å². The third-order valence-corrected chi connectivity index (χ3v) is 4.30. The van der Waals surface area contributed by atoms with Crippen LogP contribution in [0, 0.1) is 11.8 Å². The lowest BCUT2D eigenvalue weighted by Crippen LogP contribution is -2.16. The minimum atomic E-state index is 0.435. The Kier molecular flexibility index (Phi) is 6.23. The van der Waals surface area contributed by atoms with Gasteiger partial charge >= 0.3 is 0 Å². The van der Waals surface area contributed by atoms with Gasteiger partial charge in [-0.3, -0.25) is 0 Å². The molecule has 118 valence electrons. The van der Waals surface area contributed by atoms with Crippen molar-refractivity contribution in [1.29, 1.82) is 0 Å². The van der Waals surface area contributed by atoms with E-state index in [1.165, 1.54) is 32.1 Å². The van der Waals surface area contributed by atoms with E-state index in [1.54, 1.807) is 7.11 Å². The molecule has 1 aliphatic rings. The van der Waals surface area contributed by atoms with Gasteiger partial charge in [0.2, 0.25) is 0 Å². The van der Waals surface area contributed by atoms with Gasteiger partial charge in [0.15, 0.2) is 5.82 Å². The summed E-state index contributed by atoms with van der Waals surface area (Å²) in [5.74, 6) is 4.21. The Balaban J connectivity index is 1.83. The summed E-state index contributed by atoms with van der Waals surface area (Å²) in [4.78, 5) is 8.84. The second kappa shape index (κ2) is 8.17. The second-order valence-corrected chi connectivity index (χ2v) is 6.08. The van der Waals surface area contributed by atoms with Crippen molar-refractivity contribution in [2.24, 2.45) is 11.8 Å². The molecule has 1 aliphatic carbocycles. The zero-order chi connectivity index (χ0) is 15.1. The fourth-order valence-corrected chi connectivity index (χ4v) is 2.93. The van der Waals surface area contributed by atoms with Gasteiger partial charge in [-0.25, -0.2) is 9.97 Å². The summed E-state index contributed by atoms with van der Waals surface area (Å²) >= 11 is 0. The molecule has 5 heteroatoms. The van der Waals surface area contributed by atoms with Crippen LogP contribution in [0.5, 0.6) is 0 Å². The van der Waals surface area contributed by atoms with Crippen LogP contribution in [0.1, 0.15) is 44.9 Å². The predicted octanol–water partition coefficient (Wildman–Crippen LogP) is 3.29. The SMILES string of the molecule is CNc1cc(NCCC2CCC(C)CC2)nc(COC)n1. The minimum Gasteiger partial charge on any atom is -0.377 e. The summed E-state index contributed by atoms with van der Waals surface area (Å²) in [7, 11) is 3.53. The number of nitrogens with one attached hydrogen (secondary N) is 2. The highest BCUT2D eigenvalue weighted by Gasteiger charge is 2.17. The van der Waals surface area contributed by atoms with Crippen LogP contribution in [0.15, 0.2) is 6.07 Å². The summed E-state index contributed by atoms with van der Waals surface area (Å²) in [6.45, 7) is 3.78. The van der Waals surface area contributed by atoms with Gasteiger partial charge in [0, 0.05) is 26.8 Å². The Labute approximate surface area is 127 Å². The first kappa shape index (κ1) is 16.0. The summed E-state index contributed by atoms with van der Waals surface area (Å²) in [5.41, 5.74) is 0. The molecule has 1 aromatic rings. The maximum absolute atomic E-state index is 5.11. The number of nitrogens with zero attached hydrogens (tertiary/aromatic N) is 2. The highest BCUT2D eigenvalue weighted by atomic mass is 16.5. The third kappa shape index (κ3) is 5.16. The van der Waals surface area contributed by atoms with Gasteiger partial charge in [-0.2, -0.15) is 0 Å². The molecule has 0 aromatic carbocycles. The fraction of sp³-hybridized carbons (Fsp3) is 0.750. The van der Waals surface area contributed by atoms with Crippen molar-refractivity contribution in [2.75, 3.05) is 31.3 Å². The average Bonchev–Trinajstić information content (AvgIpc) is 2.49. The van der Waals surface area contributed by atoms with E-state index in [4.69, 9.17) is 4.74 Å². The Morgan fingerprint density at radius 2 is 1.90 bits per heavy atom. The van der Waals surface area contributed by atoms with Crippen molar-refractivity contribution in [3.8, 4) is 0 Å². The summed E-state index contributed by atoms with van der Waals surface area (Å²) < 4.78 is 5.11. The molecule has 0 bridgehead atoms. The molecular weight excluding hydrogens is 264 g/mol. The molecule has 0 spiro atoms. The second-order valence-electron chi connectivity index (χ2n) is 6.08. The monoisotopic (exact) mass is 292 g/mol. The lowest BCUT2D eigenvalue weighted by molar-refractivity contribution is 0.178. The van der Waals surface area contributed by atoms with Crippen LogP contribution in [-0.4, -0.2) is 30.7 Å². The first-order chi connectivity index (χ1) is 10.2. The Bertz CT molecular complexity index is 430. The smallest absolute Gasteiger partial charge is 0.158 e. The molecule has 0 atom stereocenters. The Hall–Kier alpha value is -1.36. The number of hydrogen-bond donors (Lipinski definition) is 2. The summed E-state index contributed by atoms with van der Waals surface area (Å²) in [6.07, 6.45) is 6.76. The quantitative estimate of drug-likeness (QED) is 0.807. The molecule has 0 amide bonds. The van der Waals surface area contributed by atoms with Crippen molar-refractivity contribution in [3.05, 3.63) is 11.9 Å². The molecule has 2 N–H and O–H groups in total. The number of hydrogen-bond acceptors (Lipinski definition) is 5. The van der Waals surface area contributed by atoms with E-state index < -0.39 is 0 Å². The standard InChI is InChI=1S/C16H28N4O/c1-12-4-6-13(7-5-12)8-9-18-15-10-14(17-2)19-16(20-15)11-21-3/h10,12-13H,4-9,11H2,1-3H3,(H2,17,18,19,20). The molecular formula is C16H28N4O.